The number of amides is 1. The number of anilines is 1. The molecule has 2 aromatic rings. The van der Waals surface area contributed by atoms with Crippen molar-refractivity contribution in [2.75, 3.05) is 38.2 Å². The molecule has 1 aromatic carbocycles. The van der Waals surface area contributed by atoms with Crippen molar-refractivity contribution in [1.82, 2.24) is 14.9 Å². The molecule has 6 heteroatoms. The van der Waals surface area contributed by atoms with Crippen LogP contribution in [-0.4, -0.2) is 54.1 Å². The first-order valence-electron chi connectivity index (χ1n) is 8.48. The molecule has 0 aliphatic carbocycles. The van der Waals surface area contributed by atoms with E-state index in [1.54, 1.807) is 25.6 Å². The Morgan fingerprint density at radius 1 is 1.04 bits per heavy atom. The van der Waals surface area contributed by atoms with Crippen LogP contribution in [0.1, 0.15) is 19.4 Å². The molecule has 1 aliphatic heterocycles. The maximum Gasteiger partial charge on any atom is 0.232 e. The molecule has 0 spiro atoms. The van der Waals surface area contributed by atoms with E-state index in [2.05, 4.69) is 14.9 Å². The van der Waals surface area contributed by atoms with Crippen LogP contribution < -0.4 is 9.64 Å². The van der Waals surface area contributed by atoms with Crippen molar-refractivity contribution in [3.05, 3.63) is 48.3 Å². The number of rotatable bonds is 4. The van der Waals surface area contributed by atoms with Crippen molar-refractivity contribution < 1.29 is 9.53 Å². The molecule has 1 fully saturated rings. The van der Waals surface area contributed by atoms with Crippen molar-refractivity contribution >= 4 is 11.9 Å². The zero-order valence-corrected chi connectivity index (χ0v) is 15.0. The van der Waals surface area contributed by atoms with Gasteiger partial charge in [0.05, 0.1) is 12.5 Å². The molecular weight excluding hydrogens is 316 g/mol. The molecule has 0 radical (unpaired) electrons. The summed E-state index contributed by atoms with van der Waals surface area (Å²) in [5, 5.41) is 0. The molecular formula is C19H24N4O2. The Kier molecular flexibility index (Phi) is 4.88. The standard InChI is InChI=1S/C19H24N4O2/c1-19(2,15-5-7-16(25-3)8-6-15)17(24)22-11-13-23(14-12-22)18-20-9-4-10-21-18/h4-10H,11-14H2,1-3H3. The second-order valence-electron chi connectivity index (χ2n) is 6.68. The molecule has 0 saturated carbocycles. The zero-order chi connectivity index (χ0) is 17.9. The predicted molar refractivity (Wildman–Crippen MR) is 96.8 cm³/mol. The number of methoxy groups -OCH3 is 1. The minimum Gasteiger partial charge on any atom is -0.497 e. The Labute approximate surface area is 148 Å². The fourth-order valence-corrected chi connectivity index (χ4v) is 3.09. The van der Waals surface area contributed by atoms with E-state index < -0.39 is 5.41 Å². The van der Waals surface area contributed by atoms with Crippen LogP contribution >= 0.6 is 0 Å². The number of benzene rings is 1. The lowest BCUT2D eigenvalue weighted by molar-refractivity contribution is -0.136. The van der Waals surface area contributed by atoms with E-state index in [0.717, 1.165) is 30.4 Å². The molecule has 0 N–H and O–H groups in total. The average molecular weight is 340 g/mol. The molecule has 1 aromatic heterocycles. The summed E-state index contributed by atoms with van der Waals surface area (Å²) in [5.41, 5.74) is 0.421. The Morgan fingerprint density at radius 2 is 1.64 bits per heavy atom. The van der Waals surface area contributed by atoms with Crippen molar-refractivity contribution in [1.29, 1.82) is 0 Å². The molecule has 132 valence electrons. The molecule has 1 saturated heterocycles. The van der Waals surface area contributed by atoms with E-state index in [0.29, 0.717) is 13.1 Å². The largest absolute Gasteiger partial charge is 0.497 e. The minimum atomic E-state index is -0.572. The fraction of sp³-hybridized carbons (Fsp3) is 0.421. The number of aromatic nitrogens is 2. The summed E-state index contributed by atoms with van der Waals surface area (Å²) in [4.78, 5) is 25.7. The van der Waals surface area contributed by atoms with Crippen LogP contribution in [0.3, 0.4) is 0 Å². The van der Waals surface area contributed by atoms with Gasteiger partial charge in [-0.05, 0) is 37.6 Å². The van der Waals surface area contributed by atoms with Crippen molar-refractivity contribution in [2.45, 2.75) is 19.3 Å². The zero-order valence-electron chi connectivity index (χ0n) is 15.0. The van der Waals surface area contributed by atoms with Gasteiger partial charge in [0.1, 0.15) is 5.75 Å². The minimum absolute atomic E-state index is 0.145. The molecule has 2 heterocycles. The predicted octanol–water partition coefficient (Wildman–Crippen LogP) is 2.11. The van der Waals surface area contributed by atoms with Crippen LogP contribution in [0.5, 0.6) is 5.75 Å². The van der Waals surface area contributed by atoms with Crippen molar-refractivity contribution in [2.24, 2.45) is 0 Å². The number of carbonyl (C=O) groups excluding carboxylic acids is 1. The van der Waals surface area contributed by atoms with Crippen LogP contribution in [0, 0.1) is 0 Å². The van der Waals surface area contributed by atoms with Crippen molar-refractivity contribution in [3.8, 4) is 5.75 Å². The summed E-state index contributed by atoms with van der Waals surface area (Å²) in [6.45, 7) is 6.80. The lowest BCUT2D eigenvalue weighted by atomic mass is 9.83. The summed E-state index contributed by atoms with van der Waals surface area (Å²) < 4.78 is 5.20. The molecule has 0 bridgehead atoms. The molecule has 6 nitrogen and oxygen atoms in total. The highest BCUT2D eigenvalue weighted by atomic mass is 16.5. The van der Waals surface area contributed by atoms with Crippen LogP contribution in [0.2, 0.25) is 0 Å². The summed E-state index contributed by atoms with van der Waals surface area (Å²) >= 11 is 0. The van der Waals surface area contributed by atoms with Gasteiger partial charge in [-0.2, -0.15) is 0 Å². The number of nitrogens with zero attached hydrogens (tertiary/aromatic N) is 4. The van der Waals surface area contributed by atoms with Gasteiger partial charge in [0, 0.05) is 38.6 Å². The SMILES string of the molecule is COc1ccc(C(C)(C)C(=O)N2CCN(c3ncccn3)CC2)cc1. The number of hydrogen-bond donors (Lipinski definition) is 0. The van der Waals surface area contributed by atoms with Gasteiger partial charge < -0.3 is 14.5 Å². The summed E-state index contributed by atoms with van der Waals surface area (Å²) in [5.74, 6) is 1.67. The third kappa shape index (κ3) is 3.57. The van der Waals surface area contributed by atoms with Crippen LogP contribution in [0.25, 0.3) is 0 Å². The Bertz CT molecular complexity index is 708. The third-order valence-electron chi connectivity index (χ3n) is 4.75. The monoisotopic (exact) mass is 340 g/mol. The first-order chi connectivity index (χ1) is 12.0. The Hall–Kier alpha value is -2.63. The van der Waals surface area contributed by atoms with E-state index in [9.17, 15) is 4.79 Å². The normalized spacial score (nSPS) is 15.2. The fourth-order valence-electron chi connectivity index (χ4n) is 3.09. The quantitative estimate of drug-likeness (QED) is 0.853. The number of carbonyl (C=O) groups is 1. The van der Waals surface area contributed by atoms with E-state index in [-0.39, 0.29) is 5.91 Å². The van der Waals surface area contributed by atoms with E-state index in [1.807, 2.05) is 43.0 Å². The smallest absolute Gasteiger partial charge is 0.232 e. The third-order valence-corrected chi connectivity index (χ3v) is 4.75. The summed E-state index contributed by atoms with van der Waals surface area (Å²) in [6, 6.07) is 9.53. The maximum absolute atomic E-state index is 13.1. The molecule has 3 rings (SSSR count). The van der Waals surface area contributed by atoms with Crippen LogP contribution in [-0.2, 0) is 10.2 Å². The van der Waals surface area contributed by atoms with Gasteiger partial charge in [-0.3, -0.25) is 4.79 Å². The van der Waals surface area contributed by atoms with E-state index >= 15 is 0 Å². The van der Waals surface area contributed by atoms with E-state index in [1.165, 1.54) is 0 Å². The Morgan fingerprint density at radius 3 is 2.20 bits per heavy atom. The lowest BCUT2D eigenvalue weighted by Crippen LogP contribution is -2.53. The molecule has 1 amide bonds. The molecule has 1 aliphatic rings. The van der Waals surface area contributed by atoms with Gasteiger partial charge in [0.25, 0.3) is 0 Å². The van der Waals surface area contributed by atoms with Gasteiger partial charge in [-0.1, -0.05) is 12.1 Å². The highest BCUT2D eigenvalue weighted by molar-refractivity contribution is 5.87. The van der Waals surface area contributed by atoms with E-state index in [4.69, 9.17) is 4.74 Å². The average Bonchev–Trinajstić information content (AvgIpc) is 2.68. The van der Waals surface area contributed by atoms with Crippen LogP contribution in [0.4, 0.5) is 5.95 Å². The lowest BCUT2D eigenvalue weighted by Gasteiger charge is -2.38. The highest BCUT2D eigenvalue weighted by Crippen LogP contribution is 2.28. The molecule has 25 heavy (non-hydrogen) atoms. The van der Waals surface area contributed by atoms with Gasteiger partial charge in [0.2, 0.25) is 11.9 Å². The second-order valence-corrected chi connectivity index (χ2v) is 6.68. The maximum atomic E-state index is 13.1. The van der Waals surface area contributed by atoms with Gasteiger partial charge in [0.15, 0.2) is 0 Å². The Balaban J connectivity index is 1.66. The van der Waals surface area contributed by atoms with Gasteiger partial charge in [-0.25, -0.2) is 9.97 Å². The first-order valence-corrected chi connectivity index (χ1v) is 8.48. The number of ether oxygens (including phenoxy) is 1. The van der Waals surface area contributed by atoms with Gasteiger partial charge >= 0.3 is 0 Å². The topological polar surface area (TPSA) is 58.6 Å². The number of piperazine rings is 1. The molecule has 0 atom stereocenters. The second kappa shape index (κ2) is 7.09. The summed E-state index contributed by atoms with van der Waals surface area (Å²) in [7, 11) is 1.64. The number of hydrogen-bond acceptors (Lipinski definition) is 5. The molecule has 0 unspecified atom stereocenters. The van der Waals surface area contributed by atoms with Crippen molar-refractivity contribution in [3.63, 3.8) is 0 Å². The van der Waals surface area contributed by atoms with Gasteiger partial charge in [-0.15, -0.1) is 0 Å². The van der Waals surface area contributed by atoms with Crippen LogP contribution in [0.15, 0.2) is 42.7 Å². The highest BCUT2D eigenvalue weighted by Gasteiger charge is 2.35. The first kappa shape index (κ1) is 17.2. The summed E-state index contributed by atoms with van der Waals surface area (Å²) in [6.07, 6.45) is 3.49.